The average molecular weight is 214 g/mol. The van der Waals surface area contributed by atoms with Gasteiger partial charge in [0.1, 0.15) is 5.75 Å². The lowest BCUT2D eigenvalue weighted by Crippen LogP contribution is -2.00. The first kappa shape index (κ1) is 11.6. The van der Waals surface area contributed by atoms with Crippen LogP contribution in [0.25, 0.3) is 0 Å². The van der Waals surface area contributed by atoms with Gasteiger partial charge < -0.3 is 4.74 Å². The highest BCUT2D eigenvalue weighted by atomic mass is 19.3. The first-order chi connectivity index (χ1) is 7.06. The summed E-state index contributed by atoms with van der Waals surface area (Å²) in [6, 6.07) is 3.96. The van der Waals surface area contributed by atoms with E-state index in [-0.39, 0.29) is 17.1 Å². The summed E-state index contributed by atoms with van der Waals surface area (Å²) in [5, 5.41) is 0. The summed E-state index contributed by atoms with van der Waals surface area (Å²) in [5.74, 6) is -0.0861. The van der Waals surface area contributed by atoms with Gasteiger partial charge in [-0.1, -0.05) is 6.07 Å². The molecule has 0 aliphatic heterocycles. The van der Waals surface area contributed by atoms with Gasteiger partial charge in [0.15, 0.2) is 5.78 Å². The van der Waals surface area contributed by atoms with E-state index in [1.54, 1.807) is 6.92 Å². The molecule has 0 atom stereocenters. The van der Waals surface area contributed by atoms with Gasteiger partial charge in [-0.15, -0.1) is 0 Å². The first-order valence-electron chi connectivity index (χ1n) is 4.62. The van der Waals surface area contributed by atoms with Crippen molar-refractivity contribution in [3.05, 3.63) is 29.3 Å². The second kappa shape index (κ2) is 4.87. The fraction of sp³-hybridized carbons (Fsp3) is 0.364. The lowest BCUT2D eigenvalue weighted by atomic mass is 10.1. The number of halogens is 2. The number of ketones is 1. The van der Waals surface area contributed by atoms with Crippen LogP contribution >= 0.6 is 0 Å². The molecule has 0 spiro atoms. The number of carbonyl (C=O) groups is 1. The Hall–Kier alpha value is -1.45. The van der Waals surface area contributed by atoms with Crippen LogP contribution in [0, 0.1) is 0 Å². The van der Waals surface area contributed by atoms with Crippen LogP contribution in [0.3, 0.4) is 0 Å². The van der Waals surface area contributed by atoms with Crippen LogP contribution < -0.4 is 4.74 Å². The zero-order valence-corrected chi connectivity index (χ0v) is 8.59. The zero-order chi connectivity index (χ0) is 11.4. The highest BCUT2D eigenvalue weighted by Crippen LogP contribution is 2.30. The number of benzene rings is 1. The number of hydrogen-bond donors (Lipinski definition) is 0. The van der Waals surface area contributed by atoms with Crippen molar-refractivity contribution in [1.29, 1.82) is 0 Å². The number of ether oxygens (including phenoxy) is 1. The van der Waals surface area contributed by atoms with Crippen LogP contribution in [0.5, 0.6) is 5.75 Å². The highest BCUT2D eigenvalue weighted by Gasteiger charge is 2.15. The van der Waals surface area contributed by atoms with E-state index in [1.807, 2.05) is 0 Å². The summed E-state index contributed by atoms with van der Waals surface area (Å²) in [6.45, 7) is 3.38. The SMILES string of the molecule is CCOc1cc(C(C)=O)ccc1C(F)F. The fourth-order valence-corrected chi connectivity index (χ4v) is 1.21. The van der Waals surface area contributed by atoms with Crippen LogP contribution in [0.4, 0.5) is 8.78 Å². The largest absolute Gasteiger partial charge is 0.493 e. The molecule has 0 aromatic heterocycles. The van der Waals surface area contributed by atoms with Crippen LogP contribution in [-0.2, 0) is 0 Å². The number of rotatable bonds is 4. The minimum Gasteiger partial charge on any atom is -0.493 e. The van der Waals surface area contributed by atoms with E-state index in [0.29, 0.717) is 12.2 Å². The molecule has 4 heteroatoms. The molecule has 0 saturated heterocycles. The maximum Gasteiger partial charge on any atom is 0.267 e. The molecule has 82 valence electrons. The summed E-state index contributed by atoms with van der Waals surface area (Å²) in [7, 11) is 0. The third-order valence-electron chi connectivity index (χ3n) is 1.96. The van der Waals surface area contributed by atoms with Gasteiger partial charge >= 0.3 is 0 Å². The maximum absolute atomic E-state index is 12.5. The fourth-order valence-electron chi connectivity index (χ4n) is 1.21. The van der Waals surface area contributed by atoms with Crippen molar-refractivity contribution < 1.29 is 18.3 Å². The molecule has 1 rings (SSSR count). The molecule has 2 nitrogen and oxygen atoms in total. The molecule has 0 fully saturated rings. The molecular formula is C11H12F2O2. The Kier molecular flexibility index (Phi) is 3.77. The van der Waals surface area contributed by atoms with Gasteiger partial charge in [-0.25, -0.2) is 8.78 Å². The van der Waals surface area contributed by atoms with Gasteiger partial charge in [-0.2, -0.15) is 0 Å². The van der Waals surface area contributed by atoms with E-state index in [0.717, 1.165) is 0 Å². The number of Topliss-reactive ketones (excluding diaryl/α,β-unsaturated/α-hetero) is 1. The Morgan fingerprint density at radius 2 is 2.13 bits per heavy atom. The second-order valence-corrected chi connectivity index (χ2v) is 3.04. The number of hydrogen-bond acceptors (Lipinski definition) is 2. The van der Waals surface area contributed by atoms with Crippen LogP contribution in [-0.4, -0.2) is 12.4 Å². The highest BCUT2D eigenvalue weighted by molar-refractivity contribution is 5.94. The van der Waals surface area contributed by atoms with E-state index in [9.17, 15) is 13.6 Å². The summed E-state index contributed by atoms with van der Waals surface area (Å²) in [6.07, 6.45) is -2.59. The quantitative estimate of drug-likeness (QED) is 0.719. The van der Waals surface area contributed by atoms with Gasteiger partial charge in [0.25, 0.3) is 6.43 Å². The van der Waals surface area contributed by atoms with Crippen molar-refractivity contribution in [3.63, 3.8) is 0 Å². The van der Waals surface area contributed by atoms with Crippen molar-refractivity contribution in [2.75, 3.05) is 6.61 Å². The van der Waals surface area contributed by atoms with Gasteiger partial charge in [-0.3, -0.25) is 4.79 Å². The molecule has 0 saturated carbocycles. The number of carbonyl (C=O) groups excluding carboxylic acids is 1. The predicted octanol–water partition coefficient (Wildman–Crippen LogP) is 3.23. The van der Waals surface area contributed by atoms with Gasteiger partial charge in [-0.05, 0) is 26.0 Å². The molecule has 0 N–H and O–H groups in total. The monoisotopic (exact) mass is 214 g/mol. The molecule has 0 aliphatic rings. The normalized spacial score (nSPS) is 10.5. The van der Waals surface area contributed by atoms with E-state index in [2.05, 4.69) is 0 Å². The molecule has 1 aromatic rings. The Morgan fingerprint density at radius 1 is 1.47 bits per heavy atom. The van der Waals surface area contributed by atoms with Crippen molar-refractivity contribution in [2.24, 2.45) is 0 Å². The smallest absolute Gasteiger partial charge is 0.267 e. The van der Waals surface area contributed by atoms with Crippen molar-refractivity contribution in [3.8, 4) is 5.75 Å². The summed E-state index contributed by atoms with van der Waals surface area (Å²) >= 11 is 0. The predicted molar refractivity (Wildman–Crippen MR) is 52.6 cm³/mol. The Labute approximate surface area is 86.9 Å². The van der Waals surface area contributed by atoms with E-state index >= 15 is 0 Å². The van der Waals surface area contributed by atoms with Gasteiger partial charge in [0.05, 0.1) is 12.2 Å². The van der Waals surface area contributed by atoms with E-state index in [4.69, 9.17) is 4.74 Å². The first-order valence-corrected chi connectivity index (χ1v) is 4.62. The van der Waals surface area contributed by atoms with Crippen molar-refractivity contribution in [1.82, 2.24) is 0 Å². The molecule has 1 aromatic carbocycles. The minimum absolute atomic E-state index is 0.0835. The summed E-state index contributed by atoms with van der Waals surface area (Å²) < 4.78 is 30.1. The Morgan fingerprint density at radius 3 is 2.60 bits per heavy atom. The third kappa shape index (κ3) is 2.75. The van der Waals surface area contributed by atoms with Crippen LogP contribution in [0.15, 0.2) is 18.2 Å². The zero-order valence-electron chi connectivity index (χ0n) is 8.59. The van der Waals surface area contributed by atoms with E-state index < -0.39 is 6.43 Å². The molecule has 0 radical (unpaired) electrons. The third-order valence-corrected chi connectivity index (χ3v) is 1.96. The van der Waals surface area contributed by atoms with Crippen LogP contribution in [0.1, 0.15) is 36.2 Å². The molecular weight excluding hydrogens is 202 g/mol. The molecule has 0 amide bonds. The minimum atomic E-state index is -2.59. The molecule has 0 unspecified atom stereocenters. The lowest BCUT2D eigenvalue weighted by molar-refractivity contribution is 0.101. The Balaban J connectivity index is 3.14. The molecule has 0 heterocycles. The Bertz CT molecular complexity index is 362. The van der Waals surface area contributed by atoms with Gasteiger partial charge in [0, 0.05) is 5.56 Å². The molecule has 15 heavy (non-hydrogen) atoms. The number of alkyl halides is 2. The van der Waals surface area contributed by atoms with Gasteiger partial charge in [0.2, 0.25) is 0 Å². The summed E-state index contributed by atoms with van der Waals surface area (Å²) in [5.41, 5.74) is 0.199. The molecule has 0 aliphatic carbocycles. The second-order valence-electron chi connectivity index (χ2n) is 3.04. The molecule has 0 bridgehead atoms. The van der Waals surface area contributed by atoms with E-state index in [1.165, 1.54) is 25.1 Å². The lowest BCUT2D eigenvalue weighted by Gasteiger charge is -2.10. The average Bonchev–Trinajstić information content (AvgIpc) is 2.17. The standard InChI is InChI=1S/C11H12F2O2/c1-3-15-10-6-8(7(2)14)4-5-9(10)11(12)13/h4-6,11H,3H2,1-2H3. The summed E-state index contributed by atoms with van der Waals surface area (Å²) in [4.78, 5) is 11.0. The van der Waals surface area contributed by atoms with Crippen LogP contribution in [0.2, 0.25) is 0 Å². The van der Waals surface area contributed by atoms with Crippen molar-refractivity contribution >= 4 is 5.78 Å². The van der Waals surface area contributed by atoms with Crippen molar-refractivity contribution in [2.45, 2.75) is 20.3 Å². The maximum atomic E-state index is 12.5. The topological polar surface area (TPSA) is 26.3 Å².